The number of aromatic nitrogens is 2. The van der Waals surface area contributed by atoms with Crippen LogP contribution in [0.5, 0.6) is 0 Å². The molecule has 0 atom stereocenters. The van der Waals surface area contributed by atoms with Gasteiger partial charge in [-0.25, -0.2) is 9.97 Å². The third-order valence-corrected chi connectivity index (χ3v) is 3.60. The lowest BCUT2D eigenvalue weighted by Gasteiger charge is -2.19. The van der Waals surface area contributed by atoms with Crippen molar-refractivity contribution in [1.82, 2.24) is 14.9 Å². The van der Waals surface area contributed by atoms with E-state index in [9.17, 15) is 18.0 Å². The zero-order chi connectivity index (χ0) is 18.6. The third kappa shape index (κ3) is 4.46. The highest BCUT2D eigenvalue weighted by Gasteiger charge is 2.33. The number of rotatable bonds is 5. The van der Waals surface area contributed by atoms with E-state index in [4.69, 9.17) is 0 Å². The van der Waals surface area contributed by atoms with Crippen molar-refractivity contribution in [2.45, 2.75) is 26.9 Å². The number of nitrogens with one attached hydrogen (secondary N) is 1. The Morgan fingerprint density at radius 3 is 2.40 bits per heavy atom. The van der Waals surface area contributed by atoms with Gasteiger partial charge in [-0.05, 0) is 39.0 Å². The molecule has 0 spiro atoms. The molecule has 2 aromatic rings. The zero-order valence-electron chi connectivity index (χ0n) is 14.2. The van der Waals surface area contributed by atoms with E-state index in [1.54, 1.807) is 11.8 Å². The second-order valence-corrected chi connectivity index (χ2v) is 5.36. The largest absolute Gasteiger partial charge is 0.418 e. The first-order valence-electron chi connectivity index (χ1n) is 7.84. The number of hydrogen-bond acceptors (Lipinski definition) is 4. The summed E-state index contributed by atoms with van der Waals surface area (Å²) >= 11 is 0. The minimum atomic E-state index is -4.51. The van der Waals surface area contributed by atoms with E-state index >= 15 is 0 Å². The number of aryl methyl sites for hydroxylation is 1. The van der Waals surface area contributed by atoms with Crippen LogP contribution in [0.15, 0.2) is 30.3 Å². The van der Waals surface area contributed by atoms with Crippen molar-refractivity contribution >= 4 is 17.5 Å². The molecule has 0 aliphatic carbocycles. The quantitative estimate of drug-likeness (QED) is 0.883. The van der Waals surface area contributed by atoms with E-state index in [-0.39, 0.29) is 23.2 Å². The molecule has 0 unspecified atom stereocenters. The minimum Gasteiger partial charge on any atom is -0.338 e. The maximum absolute atomic E-state index is 13.1. The summed E-state index contributed by atoms with van der Waals surface area (Å²) in [6, 6.07) is 6.57. The molecule has 0 aliphatic rings. The van der Waals surface area contributed by atoms with E-state index in [0.717, 1.165) is 6.07 Å². The Morgan fingerprint density at radius 1 is 1.16 bits per heavy atom. The Balaban J connectivity index is 2.38. The molecule has 134 valence electrons. The SMILES string of the molecule is CCN(CC)C(=O)c1cc(C)nc(Nc2ccccc2C(F)(F)F)n1. The first kappa shape index (κ1) is 18.7. The lowest BCUT2D eigenvalue weighted by atomic mass is 10.1. The molecular weight excluding hydrogens is 333 g/mol. The summed E-state index contributed by atoms with van der Waals surface area (Å²) in [5, 5.41) is 2.58. The van der Waals surface area contributed by atoms with E-state index in [2.05, 4.69) is 15.3 Å². The Bertz CT molecular complexity index is 758. The van der Waals surface area contributed by atoms with Gasteiger partial charge in [-0.3, -0.25) is 4.79 Å². The Hall–Kier alpha value is -2.64. The standard InChI is InChI=1S/C17H19F3N4O/c1-4-24(5-2)15(25)14-10-11(3)21-16(23-14)22-13-9-7-6-8-12(13)17(18,19)20/h6-10H,4-5H2,1-3H3,(H,21,22,23). The highest BCUT2D eigenvalue weighted by molar-refractivity contribution is 5.92. The summed E-state index contributed by atoms with van der Waals surface area (Å²) in [7, 11) is 0. The number of para-hydroxylation sites is 1. The smallest absolute Gasteiger partial charge is 0.338 e. The molecule has 1 N–H and O–H groups in total. The number of halogens is 3. The molecule has 1 aromatic heterocycles. The van der Waals surface area contributed by atoms with Crippen LogP contribution in [0.4, 0.5) is 24.8 Å². The van der Waals surface area contributed by atoms with Crippen molar-refractivity contribution in [3.8, 4) is 0 Å². The molecule has 0 saturated heterocycles. The van der Waals surface area contributed by atoms with Crippen LogP contribution in [0.1, 0.15) is 35.6 Å². The third-order valence-electron chi connectivity index (χ3n) is 3.60. The molecule has 1 amide bonds. The highest BCUT2D eigenvalue weighted by Crippen LogP contribution is 2.35. The molecule has 5 nitrogen and oxygen atoms in total. The van der Waals surface area contributed by atoms with Crippen molar-refractivity contribution < 1.29 is 18.0 Å². The molecule has 0 bridgehead atoms. The van der Waals surface area contributed by atoms with Crippen LogP contribution < -0.4 is 5.32 Å². The van der Waals surface area contributed by atoms with Crippen molar-refractivity contribution in [3.05, 3.63) is 47.3 Å². The number of carbonyl (C=O) groups is 1. The van der Waals surface area contributed by atoms with E-state index in [1.165, 1.54) is 24.3 Å². The summed E-state index contributed by atoms with van der Waals surface area (Å²) in [4.78, 5) is 22.2. The zero-order valence-corrected chi connectivity index (χ0v) is 14.2. The summed E-state index contributed by atoms with van der Waals surface area (Å²) in [6.07, 6.45) is -4.51. The predicted molar refractivity (Wildman–Crippen MR) is 88.7 cm³/mol. The fourth-order valence-electron chi connectivity index (χ4n) is 2.37. The monoisotopic (exact) mass is 352 g/mol. The molecule has 1 aromatic carbocycles. The Labute approximate surface area is 143 Å². The number of hydrogen-bond donors (Lipinski definition) is 1. The van der Waals surface area contributed by atoms with Crippen molar-refractivity contribution in [3.63, 3.8) is 0 Å². The van der Waals surface area contributed by atoms with Gasteiger partial charge in [0.25, 0.3) is 5.91 Å². The van der Waals surface area contributed by atoms with E-state index in [0.29, 0.717) is 18.8 Å². The summed E-state index contributed by atoms with van der Waals surface area (Å²) in [5.74, 6) is -0.338. The molecule has 0 aliphatic heterocycles. The molecule has 8 heteroatoms. The Morgan fingerprint density at radius 2 is 1.80 bits per heavy atom. The number of amides is 1. The maximum atomic E-state index is 13.1. The first-order valence-corrected chi connectivity index (χ1v) is 7.84. The molecule has 2 rings (SSSR count). The number of benzene rings is 1. The number of alkyl halides is 3. The number of carbonyl (C=O) groups excluding carboxylic acids is 1. The second kappa shape index (κ2) is 7.50. The van der Waals surface area contributed by atoms with Gasteiger partial charge in [-0.1, -0.05) is 12.1 Å². The van der Waals surface area contributed by atoms with Crippen molar-refractivity contribution in [2.75, 3.05) is 18.4 Å². The summed E-state index contributed by atoms with van der Waals surface area (Å²) in [6.45, 7) is 6.36. The molecule has 0 fully saturated rings. The van der Waals surface area contributed by atoms with Crippen LogP contribution in [0.2, 0.25) is 0 Å². The van der Waals surface area contributed by atoms with Crippen LogP contribution in [0, 0.1) is 6.92 Å². The summed E-state index contributed by atoms with van der Waals surface area (Å²) < 4.78 is 39.3. The maximum Gasteiger partial charge on any atom is 0.418 e. The summed E-state index contributed by atoms with van der Waals surface area (Å²) in [5.41, 5.74) is -0.362. The fourth-order valence-corrected chi connectivity index (χ4v) is 2.37. The minimum absolute atomic E-state index is 0.0489. The van der Waals surface area contributed by atoms with Gasteiger partial charge < -0.3 is 10.2 Å². The average molecular weight is 352 g/mol. The van der Waals surface area contributed by atoms with Crippen molar-refractivity contribution in [2.24, 2.45) is 0 Å². The highest BCUT2D eigenvalue weighted by atomic mass is 19.4. The number of anilines is 2. The van der Waals surface area contributed by atoms with E-state index < -0.39 is 11.7 Å². The first-order chi connectivity index (χ1) is 11.8. The van der Waals surface area contributed by atoms with Gasteiger partial charge in [0.15, 0.2) is 0 Å². The van der Waals surface area contributed by atoms with Gasteiger partial charge in [0, 0.05) is 18.8 Å². The lowest BCUT2D eigenvalue weighted by Crippen LogP contribution is -2.31. The molecule has 1 heterocycles. The van der Waals surface area contributed by atoms with Crippen LogP contribution in [-0.2, 0) is 6.18 Å². The molecule has 0 saturated carbocycles. The second-order valence-electron chi connectivity index (χ2n) is 5.36. The average Bonchev–Trinajstić information content (AvgIpc) is 2.55. The van der Waals surface area contributed by atoms with Crippen LogP contribution in [0.25, 0.3) is 0 Å². The van der Waals surface area contributed by atoms with Gasteiger partial charge in [0.05, 0.1) is 11.3 Å². The fraction of sp³-hybridized carbons (Fsp3) is 0.353. The normalized spacial score (nSPS) is 11.3. The van der Waals surface area contributed by atoms with Gasteiger partial charge >= 0.3 is 6.18 Å². The number of nitrogens with zero attached hydrogens (tertiary/aromatic N) is 3. The topological polar surface area (TPSA) is 58.1 Å². The van der Waals surface area contributed by atoms with E-state index in [1.807, 2.05) is 13.8 Å². The molecule has 0 radical (unpaired) electrons. The van der Waals surface area contributed by atoms with Crippen LogP contribution in [-0.4, -0.2) is 33.9 Å². The molecular formula is C17H19F3N4O. The van der Waals surface area contributed by atoms with Gasteiger partial charge in [0.2, 0.25) is 5.95 Å². The van der Waals surface area contributed by atoms with Gasteiger partial charge in [-0.2, -0.15) is 13.2 Å². The van der Waals surface area contributed by atoms with Gasteiger partial charge in [0.1, 0.15) is 5.69 Å². The lowest BCUT2D eigenvalue weighted by molar-refractivity contribution is -0.136. The Kier molecular flexibility index (Phi) is 5.61. The van der Waals surface area contributed by atoms with Crippen LogP contribution in [0.3, 0.4) is 0 Å². The molecule has 25 heavy (non-hydrogen) atoms. The van der Waals surface area contributed by atoms with Crippen molar-refractivity contribution in [1.29, 1.82) is 0 Å². The van der Waals surface area contributed by atoms with Crippen LogP contribution >= 0.6 is 0 Å². The van der Waals surface area contributed by atoms with Gasteiger partial charge in [-0.15, -0.1) is 0 Å². The predicted octanol–water partition coefficient (Wildman–Crippen LogP) is 4.03.